The quantitative estimate of drug-likeness (QED) is 0.675. The number of nitrogens with one attached hydrogen (secondary N) is 1. The zero-order valence-electron chi connectivity index (χ0n) is 12.2. The van der Waals surface area contributed by atoms with E-state index in [1.807, 2.05) is 26.0 Å². The standard InChI is InChI=1S/C15H26N2O2/c1-4-8-17(9-10-18)13-6-7-14(15(19)11-13)12(3)16-5-2/h6-7,11-12,16,18-19H,4-5,8-10H2,1-3H3. The molecule has 0 bridgehead atoms. The van der Waals surface area contributed by atoms with Gasteiger partial charge in [-0.25, -0.2) is 0 Å². The number of nitrogens with zero attached hydrogens (tertiary/aromatic N) is 1. The Labute approximate surface area is 116 Å². The predicted molar refractivity (Wildman–Crippen MR) is 79.8 cm³/mol. The monoisotopic (exact) mass is 266 g/mol. The lowest BCUT2D eigenvalue weighted by Crippen LogP contribution is -2.27. The molecule has 0 saturated carbocycles. The second-order valence-electron chi connectivity index (χ2n) is 4.73. The smallest absolute Gasteiger partial charge is 0.122 e. The first-order chi connectivity index (χ1) is 9.13. The summed E-state index contributed by atoms with van der Waals surface area (Å²) in [5.41, 5.74) is 1.87. The molecule has 1 unspecified atom stereocenters. The van der Waals surface area contributed by atoms with Crippen molar-refractivity contribution in [2.75, 3.05) is 31.1 Å². The Morgan fingerprint density at radius 1 is 1.26 bits per heavy atom. The van der Waals surface area contributed by atoms with Gasteiger partial charge in [-0.05, 0) is 26.0 Å². The molecule has 0 radical (unpaired) electrons. The Morgan fingerprint density at radius 2 is 2.00 bits per heavy atom. The van der Waals surface area contributed by atoms with Gasteiger partial charge in [0, 0.05) is 36.4 Å². The average molecular weight is 266 g/mol. The molecule has 1 aromatic rings. The highest BCUT2D eigenvalue weighted by Crippen LogP contribution is 2.29. The van der Waals surface area contributed by atoms with Crippen molar-refractivity contribution in [3.8, 4) is 5.75 Å². The van der Waals surface area contributed by atoms with Gasteiger partial charge < -0.3 is 20.4 Å². The molecule has 0 saturated heterocycles. The Balaban J connectivity index is 2.90. The van der Waals surface area contributed by atoms with Crippen molar-refractivity contribution >= 4 is 5.69 Å². The Kier molecular flexibility index (Phi) is 6.67. The summed E-state index contributed by atoms with van der Waals surface area (Å²) in [7, 11) is 0. The van der Waals surface area contributed by atoms with E-state index < -0.39 is 0 Å². The summed E-state index contributed by atoms with van der Waals surface area (Å²) in [5, 5.41) is 22.5. The molecule has 0 aromatic heterocycles. The topological polar surface area (TPSA) is 55.7 Å². The normalized spacial score (nSPS) is 12.4. The highest BCUT2D eigenvalue weighted by atomic mass is 16.3. The highest BCUT2D eigenvalue weighted by Gasteiger charge is 2.12. The minimum Gasteiger partial charge on any atom is -0.508 e. The highest BCUT2D eigenvalue weighted by molar-refractivity contribution is 5.54. The fourth-order valence-corrected chi connectivity index (χ4v) is 2.27. The number of benzene rings is 1. The number of phenolic OH excluding ortho intramolecular Hbond substituents is 1. The number of aromatic hydroxyl groups is 1. The Morgan fingerprint density at radius 3 is 2.53 bits per heavy atom. The van der Waals surface area contributed by atoms with Crippen LogP contribution in [0, 0.1) is 0 Å². The lowest BCUT2D eigenvalue weighted by Gasteiger charge is -2.24. The fraction of sp³-hybridized carbons (Fsp3) is 0.600. The molecule has 0 heterocycles. The summed E-state index contributed by atoms with van der Waals surface area (Å²) >= 11 is 0. The first-order valence-electron chi connectivity index (χ1n) is 7.06. The van der Waals surface area contributed by atoms with Gasteiger partial charge >= 0.3 is 0 Å². The van der Waals surface area contributed by atoms with Gasteiger partial charge in [-0.2, -0.15) is 0 Å². The van der Waals surface area contributed by atoms with Crippen molar-refractivity contribution in [3.63, 3.8) is 0 Å². The van der Waals surface area contributed by atoms with Crippen LogP contribution < -0.4 is 10.2 Å². The van der Waals surface area contributed by atoms with E-state index in [2.05, 4.69) is 17.1 Å². The SMILES string of the molecule is CCCN(CCO)c1ccc(C(C)NCC)c(O)c1. The lowest BCUT2D eigenvalue weighted by atomic mass is 10.1. The van der Waals surface area contributed by atoms with Crippen molar-refractivity contribution in [1.29, 1.82) is 0 Å². The van der Waals surface area contributed by atoms with Crippen molar-refractivity contribution in [2.24, 2.45) is 0 Å². The second kappa shape index (κ2) is 8.02. The molecule has 4 nitrogen and oxygen atoms in total. The minimum atomic E-state index is 0.121. The molecule has 108 valence electrons. The number of anilines is 1. The van der Waals surface area contributed by atoms with Crippen LogP contribution in [0.5, 0.6) is 5.75 Å². The van der Waals surface area contributed by atoms with Gasteiger partial charge in [0.2, 0.25) is 0 Å². The van der Waals surface area contributed by atoms with E-state index in [4.69, 9.17) is 5.11 Å². The molecule has 19 heavy (non-hydrogen) atoms. The van der Waals surface area contributed by atoms with Gasteiger partial charge in [0.15, 0.2) is 0 Å². The van der Waals surface area contributed by atoms with Crippen molar-refractivity contribution < 1.29 is 10.2 Å². The van der Waals surface area contributed by atoms with E-state index in [-0.39, 0.29) is 12.6 Å². The number of hydrogen-bond donors (Lipinski definition) is 3. The number of hydrogen-bond acceptors (Lipinski definition) is 4. The first-order valence-corrected chi connectivity index (χ1v) is 7.06. The fourth-order valence-electron chi connectivity index (χ4n) is 2.27. The van der Waals surface area contributed by atoms with Crippen molar-refractivity contribution in [2.45, 2.75) is 33.2 Å². The van der Waals surface area contributed by atoms with Gasteiger partial charge in [-0.15, -0.1) is 0 Å². The van der Waals surface area contributed by atoms with Crippen LogP contribution in [0.2, 0.25) is 0 Å². The molecule has 0 aliphatic rings. The number of phenols is 1. The zero-order chi connectivity index (χ0) is 14.3. The molecule has 0 amide bonds. The van der Waals surface area contributed by atoms with Crippen LogP contribution in [0.15, 0.2) is 18.2 Å². The van der Waals surface area contributed by atoms with Crippen LogP contribution in [0.1, 0.15) is 38.8 Å². The average Bonchev–Trinajstić information content (AvgIpc) is 2.38. The zero-order valence-corrected chi connectivity index (χ0v) is 12.2. The van der Waals surface area contributed by atoms with E-state index in [1.165, 1.54) is 0 Å². The van der Waals surface area contributed by atoms with E-state index in [0.717, 1.165) is 30.8 Å². The predicted octanol–water partition coefficient (Wildman–Crippen LogP) is 2.27. The number of aliphatic hydroxyl groups is 1. The molecular formula is C15H26N2O2. The summed E-state index contributed by atoms with van der Waals surface area (Å²) in [6.07, 6.45) is 1.01. The molecule has 0 aliphatic heterocycles. The lowest BCUT2D eigenvalue weighted by molar-refractivity contribution is 0.301. The third-order valence-corrected chi connectivity index (χ3v) is 3.22. The molecular weight excluding hydrogens is 240 g/mol. The third kappa shape index (κ3) is 4.40. The maximum atomic E-state index is 10.1. The third-order valence-electron chi connectivity index (χ3n) is 3.22. The van der Waals surface area contributed by atoms with Gasteiger partial charge in [-0.3, -0.25) is 0 Å². The molecule has 0 fully saturated rings. The van der Waals surface area contributed by atoms with Crippen LogP contribution >= 0.6 is 0 Å². The first kappa shape index (κ1) is 15.8. The Hall–Kier alpha value is -1.26. The molecule has 4 heteroatoms. The molecule has 0 spiro atoms. The molecule has 3 N–H and O–H groups in total. The van der Waals surface area contributed by atoms with E-state index in [1.54, 1.807) is 6.07 Å². The van der Waals surface area contributed by atoms with Crippen LogP contribution in [-0.2, 0) is 0 Å². The molecule has 1 atom stereocenters. The largest absolute Gasteiger partial charge is 0.508 e. The van der Waals surface area contributed by atoms with Crippen LogP contribution in [-0.4, -0.2) is 36.5 Å². The van der Waals surface area contributed by atoms with E-state index in [0.29, 0.717) is 12.3 Å². The summed E-state index contributed by atoms with van der Waals surface area (Å²) in [5.74, 6) is 0.310. The maximum absolute atomic E-state index is 10.1. The number of aliphatic hydroxyl groups excluding tert-OH is 1. The van der Waals surface area contributed by atoms with Crippen LogP contribution in [0.3, 0.4) is 0 Å². The molecule has 1 aromatic carbocycles. The van der Waals surface area contributed by atoms with Crippen LogP contribution in [0.4, 0.5) is 5.69 Å². The molecule has 1 rings (SSSR count). The Bertz CT molecular complexity index is 376. The van der Waals surface area contributed by atoms with Gasteiger partial charge in [0.05, 0.1) is 6.61 Å². The van der Waals surface area contributed by atoms with Crippen LogP contribution in [0.25, 0.3) is 0 Å². The summed E-state index contributed by atoms with van der Waals surface area (Å²) in [4.78, 5) is 2.08. The van der Waals surface area contributed by atoms with E-state index in [9.17, 15) is 5.11 Å². The summed E-state index contributed by atoms with van der Waals surface area (Å²) in [6, 6.07) is 5.89. The van der Waals surface area contributed by atoms with E-state index >= 15 is 0 Å². The minimum absolute atomic E-state index is 0.121. The number of rotatable bonds is 8. The summed E-state index contributed by atoms with van der Waals surface area (Å²) < 4.78 is 0. The van der Waals surface area contributed by atoms with Crippen molar-refractivity contribution in [1.82, 2.24) is 5.32 Å². The maximum Gasteiger partial charge on any atom is 0.122 e. The van der Waals surface area contributed by atoms with Gasteiger partial charge in [0.25, 0.3) is 0 Å². The molecule has 0 aliphatic carbocycles. The summed E-state index contributed by atoms with van der Waals surface area (Å²) in [6.45, 7) is 8.65. The second-order valence-corrected chi connectivity index (χ2v) is 4.73. The van der Waals surface area contributed by atoms with Crippen molar-refractivity contribution in [3.05, 3.63) is 23.8 Å². The van der Waals surface area contributed by atoms with Gasteiger partial charge in [-0.1, -0.05) is 19.9 Å². The van der Waals surface area contributed by atoms with Gasteiger partial charge in [0.1, 0.15) is 5.75 Å².